The van der Waals surface area contributed by atoms with Crippen LogP contribution in [0.15, 0.2) is 48.5 Å². The van der Waals surface area contributed by atoms with E-state index in [0.717, 1.165) is 48.4 Å². The third-order valence-corrected chi connectivity index (χ3v) is 5.08. The van der Waals surface area contributed by atoms with Crippen LogP contribution < -0.4 is 10.1 Å². The van der Waals surface area contributed by atoms with Crippen LogP contribution >= 0.6 is 0 Å². The predicted octanol–water partition coefficient (Wildman–Crippen LogP) is 4.91. The first kappa shape index (κ1) is 21.9. The van der Waals surface area contributed by atoms with Crippen LogP contribution in [0.2, 0.25) is 0 Å². The maximum Gasteiger partial charge on any atom is 0.225 e. The van der Waals surface area contributed by atoms with Crippen LogP contribution in [0.3, 0.4) is 0 Å². The molecule has 30 heavy (non-hydrogen) atoms. The molecule has 0 saturated carbocycles. The summed E-state index contributed by atoms with van der Waals surface area (Å²) >= 11 is 0. The molecule has 0 saturated heterocycles. The van der Waals surface area contributed by atoms with E-state index in [1.54, 1.807) is 0 Å². The zero-order valence-electron chi connectivity index (χ0n) is 18.6. The maximum absolute atomic E-state index is 12.1. The Balaban J connectivity index is 1.57. The van der Waals surface area contributed by atoms with Gasteiger partial charge >= 0.3 is 0 Å². The minimum Gasteiger partial charge on any atom is -0.494 e. The number of benzene rings is 2. The van der Waals surface area contributed by atoms with Crippen LogP contribution in [-0.2, 0) is 17.8 Å². The summed E-state index contributed by atoms with van der Waals surface area (Å²) in [5.74, 6) is 2.02. The largest absolute Gasteiger partial charge is 0.494 e. The fraction of sp³-hybridized carbons (Fsp3) is 0.440. The summed E-state index contributed by atoms with van der Waals surface area (Å²) in [7, 11) is 0. The fourth-order valence-electron chi connectivity index (χ4n) is 3.39. The number of unbranched alkanes of at least 4 members (excludes halogenated alkanes) is 1. The van der Waals surface area contributed by atoms with Crippen LogP contribution in [-0.4, -0.2) is 28.6 Å². The predicted molar refractivity (Wildman–Crippen MR) is 122 cm³/mol. The van der Waals surface area contributed by atoms with Crippen molar-refractivity contribution in [1.29, 1.82) is 0 Å². The van der Waals surface area contributed by atoms with Crippen LogP contribution in [0.1, 0.15) is 45.0 Å². The molecule has 3 aromatic rings. The number of hydrogen-bond acceptors (Lipinski definition) is 3. The number of hydrogen-bond donors (Lipinski definition) is 1. The van der Waals surface area contributed by atoms with Gasteiger partial charge in [-0.2, -0.15) is 0 Å². The van der Waals surface area contributed by atoms with E-state index < -0.39 is 0 Å². The fourth-order valence-corrected chi connectivity index (χ4v) is 3.39. The molecule has 0 bridgehead atoms. The van der Waals surface area contributed by atoms with Crippen molar-refractivity contribution in [3.05, 3.63) is 59.9 Å². The van der Waals surface area contributed by atoms with Gasteiger partial charge in [0.2, 0.25) is 5.91 Å². The number of para-hydroxylation sites is 2. The van der Waals surface area contributed by atoms with Gasteiger partial charge < -0.3 is 14.6 Å². The highest BCUT2D eigenvalue weighted by Gasteiger charge is 2.20. The highest BCUT2D eigenvalue weighted by molar-refractivity contribution is 5.81. The second-order valence-corrected chi connectivity index (χ2v) is 8.80. The summed E-state index contributed by atoms with van der Waals surface area (Å²) in [6, 6.07) is 16.4. The lowest BCUT2D eigenvalue weighted by Gasteiger charge is -2.17. The number of imidazole rings is 1. The zero-order valence-corrected chi connectivity index (χ0v) is 18.6. The lowest BCUT2D eigenvalue weighted by molar-refractivity contribution is -0.128. The average Bonchev–Trinajstić information content (AvgIpc) is 3.04. The van der Waals surface area contributed by atoms with Gasteiger partial charge in [0.15, 0.2) is 0 Å². The summed E-state index contributed by atoms with van der Waals surface area (Å²) in [4.78, 5) is 16.9. The van der Waals surface area contributed by atoms with Gasteiger partial charge in [0.05, 0.1) is 17.6 Å². The number of aryl methyl sites for hydroxylation is 2. The standard InChI is InChI=1S/C25H33N3O2/c1-19-10-9-11-20(18-19)30-17-8-7-16-28-22-13-6-5-12-21(22)27-23(28)14-15-26-24(29)25(2,3)4/h5-6,9-13,18H,7-8,14-17H2,1-4H3,(H,26,29). The van der Waals surface area contributed by atoms with Crippen molar-refractivity contribution < 1.29 is 9.53 Å². The van der Waals surface area contributed by atoms with Crippen molar-refractivity contribution in [2.45, 2.75) is 53.5 Å². The van der Waals surface area contributed by atoms with Crippen LogP contribution in [0, 0.1) is 12.3 Å². The number of amides is 1. The Bertz CT molecular complexity index is 985. The maximum atomic E-state index is 12.1. The summed E-state index contributed by atoms with van der Waals surface area (Å²) < 4.78 is 8.16. The Kier molecular flexibility index (Phi) is 7.14. The summed E-state index contributed by atoms with van der Waals surface area (Å²) in [5.41, 5.74) is 2.98. The third-order valence-electron chi connectivity index (χ3n) is 5.08. The second kappa shape index (κ2) is 9.79. The SMILES string of the molecule is Cc1cccc(OCCCCn2c(CCNC(=O)C(C)(C)C)nc3ccccc32)c1. The first-order valence-corrected chi connectivity index (χ1v) is 10.8. The molecule has 1 aromatic heterocycles. The van der Waals surface area contributed by atoms with Gasteiger partial charge in [0.1, 0.15) is 11.6 Å². The molecule has 0 fully saturated rings. The molecule has 2 aromatic carbocycles. The van der Waals surface area contributed by atoms with Gasteiger partial charge in [0, 0.05) is 24.9 Å². The Labute approximate surface area is 179 Å². The number of carbonyl (C=O) groups is 1. The van der Waals surface area contributed by atoms with E-state index in [1.165, 1.54) is 5.56 Å². The summed E-state index contributed by atoms with van der Waals surface area (Å²) in [6.07, 6.45) is 2.70. The smallest absolute Gasteiger partial charge is 0.225 e. The molecule has 0 aliphatic heterocycles. The molecule has 0 radical (unpaired) electrons. The minimum absolute atomic E-state index is 0.0680. The molecule has 0 spiro atoms. The van der Waals surface area contributed by atoms with Crippen molar-refractivity contribution in [1.82, 2.24) is 14.9 Å². The molecule has 160 valence electrons. The summed E-state index contributed by atoms with van der Waals surface area (Å²) in [6.45, 7) is 10.0. The molecular weight excluding hydrogens is 374 g/mol. The van der Waals surface area contributed by atoms with E-state index in [9.17, 15) is 4.79 Å². The van der Waals surface area contributed by atoms with Crippen molar-refractivity contribution in [3.63, 3.8) is 0 Å². The van der Waals surface area contributed by atoms with Gasteiger partial charge in [-0.25, -0.2) is 4.98 Å². The molecule has 5 nitrogen and oxygen atoms in total. The van der Waals surface area contributed by atoms with E-state index in [4.69, 9.17) is 9.72 Å². The number of rotatable bonds is 9. The number of carbonyl (C=O) groups excluding carboxylic acids is 1. The van der Waals surface area contributed by atoms with Crippen molar-refractivity contribution >= 4 is 16.9 Å². The van der Waals surface area contributed by atoms with Gasteiger partial charge in [-0.3, -0.25) is 4.79 Å². The molecule has 0 unspecified atom stereocenters. The molecule has 1 N–H and O–H groups in total. The lowest BCUT2D eigenvalue weighted by atomic mass is 9.96. The normalized spacial score (nSPS) is 11.6. The van der Waals surface area contributed by atoms with Crippen LogP contribution in [0.5, 0.6) is 5.75 Å². The lowest BCUT2D eigenvalue weighted by Crippen LogP contribution is -2.36. The number of nitrogens with one attached hydrogen (secondary N) is 1. The Morgan fingerprint density at radius 1 is 1.10 bits per heavy atom. The van der Waals surface area contributed by atoms with E-state index in [-0.39, 0.29) is 11.3 Å². The molecule has 5 heteroatoms. The van der Waals surface area contributed by atoms with Crippen LogP contribution in [0.25, 0.3) is 11.0 Å². The molecular formula is C25H33N3O2. The topological polar surface area (TPSA) is 56.1 Å². The number of aromatic nitrogens is 2. The van der Waals surface area contributed by atoms with E-state index in [0.29, 0.717) is 13.2 Å². The van der Waals surface area contributed by atoms with Crippen molar-refractivity contribution in [2.75, 3.05) is 13.2 Å². The second-order valence-electron chi connectivity index (χ2n) is 8.80. The van der Waals surface area contributed by atoms with Gasteiger partial charge in [-0.05, 0) is 49.6 Å². The first-order chi connectivity index (χ1) is 14.3. The number of ether oxygens (including phenoxy) is 1. The third kappa shape index (κ3) is 5.85. The van der Waals surface area contributed by atoms with E-state index in [1.807, 2.05) is 51.1 Å². The highest BCUT2D eigenvalue weighted by atomic mass is 16.5. The molecule has 0 aliphatic carbocycles. The Morgan fingerprint density at radius 3 is 2.67 bits per heavy atom. The summed E-state index contributed by atoms with van der Waals surface area (Å²) in [5, 5.41) is 3.03. The average molecular weight is 408 g/mol. The van der Waals surface area contributed by atoms with Gasteiger partial charge in [-0.1, -0.05) is 45.0 Å². The van der Waals surface area contributed by atoms with Crippen LogP contribution in [0.4, 0.5) is 0 Å². The highest BCUT2D eigenvalue weighted by Crippen LogP contribution is 2.18. The first-order valence-electron chi connectivity index (χ1n) is 10.8. The monoisotopic (exact) mass is 407 g/mol. The van der Waals surface area contributed by atoms with Crippen molar-refractivity contribution in [2.24, 2.45) is 5.41 Å². The quantitative estimate of drug-likeness (QED) is 0.513. The minimum atomic E-state index is -0.378. The molecule has 1 heterocycles. The zero-order chi connectivity index (χ0) is 21.6. The van der Waals surface area contributed by atoms with Crippen molar-refractivity contribution in [3.8, 4) is 5.75 Å². The number of fused-ring (bicyclic) bond motifs is 1. The Morgan fingerprint density at radius 2 is 1.90 bits per heavy atom. The molecule has 0 atom stereocenters. The molecule has 3 rings (SSSR count). The van der Waals surface area contributed by atoms with E-state index in [2.05, 4.69) is 35.0 Å². The van der Waals surface area contributed by atoms with Gasteiger partial charge in [-0.15, -0.1) is 0 Å². The molecule has 1 amide bonds. The Hall–Kier alpha value is -2.82. The molecule has 0 aliphatic rings. The number of nitrogens with zero attached hydrogens (tertiary/aromatic N) is 2. The van der Waals surface area contributed by atoms with E-state index >= 15 is 0 Å². The van der Waals surface area contributed by atoms with Gasteiger partial charge in [0.25, 0.3) is 0 Å².